The molecule has 1 aliphatic rings. The van der Waals surface area contributed by atoms with E-state index in [2.05, 4.69) is 19.9 Å². The normalized spacial score (nSPS) is 15.6. The molecule has 1 unspecified atom stereocenters. The van der Waals surface area contributed by atoms with Crippen LogP contribution in [0.15, 0.2) is 65.3 Å². The standard InChI is InChI=1S/C27H30N2O5/c1-6-32-27(30)24-17(4)34-26(29)22(14-28)25(24)19-9-12-23(31-5)20(13-19)15-33-21-10-7-18(8-11-21)16(2)3/h7-13,16,25H,6,15,29H2,1-5H3. The summed E-state index contributed by atoms with van der Waals surface area (Å²) in [7, 11) is 1.58. The smallest absolute Gasteiger partial charge is 0.338 e. The summed E-state index contributed by atoms with van der Waals surface area (Å²) in [5.41, 5.74) is 9.07. The molecule has 3 rings (SSSR count). The van der Waals surface area contributed by atoms with Gasteiger partial charge < -0.3 is 24.7 Å². The van der Waals surface area contributed by atoms with E-state index in [-0.39, 0.29) is 30.2 Å². The minimum Gasteiger partial charge on any atom is -0.496 e. The fourth-order valence-corrected chi connectivity index (χ4v) is 3.89. The summed E-state index contributed by atoms with van der Waals surface area (Å²) in [6.45, 7) is 8.06. The van der Waals surface area contributed by atoms with Crippen LogP contribution in [-0.2, 0) is 20.9 Å². The zero-order chi connectivity index (χ0) is 24.8. The number of ether oxygens (including phenoxy) is 4. The van der Waals surface area contributed by atoms with Gasteiger partial charge in [-0.1, -0.05) is 32.0 Å². The van der Waals surface area contributed by atoms with Gasteiger partial charge in [0.2, 0.25) is 5.88 Å². The van der Waals surface area contributed by atoms with Crippen molar-refractivity contribution in [2.75, 3.05) is 13.7 Å². The number of hydrogen-bond acceptors (Lipinski definition) is 7. The maximum atomic E-state index is 12.8. The third-order valence-electron chi connectivity index (χ3n) is 5.68. The average Bonchev–Trinajstić information content (AvgIpc) is 2.82. The zero-order valence-corrected chi connectivity index (χ0v) is 20.2. The number of carbonyl (C=O) groups is 1. The predicted octanol–water partition coefficient (Wildman–Crippen LogP) is 5.04. The molecule has 7 nitrogen and oxygen atoms in total. The number of nitrogens with two attached hydrogens (primary N) is 1. The van der Waals surface area contributed by atoms with Crippen molar-refractivity contribution in [3.05, 3.63) is 81.9 Å². The molecule has 1 atom stereocenters. The molecule has 2 N–H and O–H groups in total. The SMILES string of the molecule is CCOC(=O)C1=C(C)OC(N)=C(C#N)C1c1ccc(OC)c(COc2ccc(C(C)C)cc2)c1. The van der Waals surface area contributed by atoms with E-state index in [0.29, 0.717) is 23.0 Å². The van der Waals surface area contributed by atoms with Gasteiger partial charge in [0, 0.05) is 5.56 Å². The summed E-state index contributed by atoms with van der Waals surface area (Å²) in [5, 5.41) is 9.80. The van der Waals surface area contributed by atoms with Gasteiger partial charge in [-0.3, -0.25) is 0 Å². The number of nitriles is 1. The van der Waals surface area contributed by atoms with E-state index in [1.807, 2.05) is 30.3 Å². The Bertz CT molecular complexity index is 1160. The van der Waals surface area contributed by atoms with Crippen molar-refractivity contribution in [3.63, 3.8) is 0 Å². The van der Waals surface area contributed by atoms with E-state index in [9.17, 15) is 10.1 Å². The lowest BCUT2D eigenvalue weighted by molar-refractivity contribution is -0.139. The van der Waals surface area contributed by atoms with Crippen LogP contribution in [-0.4, -0.2) is 19.7 Å². The van der Waals surface area contributed by atoms with Crippen LogP contribution in [0.1, 0.15) is 56.2 Å². The number of rotatable bonds is 8. The van der Waals surface area contributed by atoms with Crippen molar-refractivity contribution in [1.29, 1.82) is 5.26 Å². The van der Waals surface area contributed by atoms with Crippen LogP contribution in [0.25, 0.3) is 0 Å². The number of hydrogen-bond donors (Lipinski definition) is 1. The largest absolute Gasteiger partial charge is 0.496 e. The van der Waals surface area contributed by atoms with Crippen LogP contribution >= 0.6 is 0 Å². The Kier molecular flexibility index (Phi) is 7.85. The Balaban J connectivity index is 1.98. The third kappa shape index (κ3) is 5.18. The molecule has 1 heterocycles. The lowest BCUT2D eigenvalue weighted by Gasteiger charge is -2.27. The van der Waals surface area contributed by atoms with Crippen molar-refractivity contribution in [2.24, 2.45) is 5.73 Å². The summed E-state index contributed by atoms with van der Waals surface area (Å²) in [6.07, 6.45) is 0. The molecule has 0 radical (unpaired) electrons. The molecule has 0 aliphatic carbocycles. The maximum absolute atomic E-state index is 12.8. The van der Waals surface area contributed by atoms with Crippen LogP contribution in [0.2, 0.25) is 0 Å². The summed E-state index contributed by atoms with van der Waals surface area (Å²) in [4.78, 5) is 12.8. The van der Waals surface area contributed by atoms with Crippen LogP contribution in [0.4, 0.5) is 0 Å². The molecule has 0 saturated carbocycles. The van der Waals surface area contributed by atoms with E-state index < -0.39 is 11.9 Å². The van der Waals surface area contributed by atoms with E-state index in [0.717, 1.165) is 11.3 Å². The highest BCUT2D eigenvalue weighted by Crippen LogP contribution is 2.41. The summed E-state index contributed by atoms with van der Waals surface area (Å²) in [5.74, 6) is 0.786. The summed E-state index contributed by atoms with van der Waals surface area (Å²) >= 11 is 0. The van der Waals surface area contributed by atoms with Gasteiger partial charge in [-0.2, -0.15) is 5.26 Å². The summed E-state index contributed by atoms with van der Waals surface area (Å²) < 4.78 is 22.3. The third-order valence-corrected chi connectivity index (χ3v) is 5.68. The average molecular weight is 463 g/mol. The van der Waals surface area contributed by atoms with E-state index >= 15 is 0 Å². The van der Waals surface area contributed by atoms with Crippen LogP contribution < -0.4 is 15.2 Å². The van der Waals surface area contributed by atoms with Gasteiger partial charge in [-0.15, -0.1) is 0 Å². The number of nitrogens with zero attached hydrogens (tertiary/aromatic N) is 1. The highest BCUT2D eigenvalue weighted by molar-refractivity contribution is 5.92. The monoisotopic (exact) mass is 462 g/mol. The van der Waals surface area contributed by atoms with Crippen LogP contribution in [0.5, 0.6) is 11.5 Å². The van der Waals surface area contributed by atoms with Gasteiger partial charge in [0.05, 0.1) is 25.2 Å². The molecule has 1 aliphatic heterocycles. The molecular formula is C27H30N2O5. The van der Waals surface area contributed by atoms with E-state index in [1.54, 1.807) is 33.1 Å². The topological polar surface area (TPSA) is 104 Å². The van der Waals surface area contributed by atoms with Crippen molar-refractivity contribution in [2.45, 2.75) is 46.1 Å². The Hall–Kier alpha value is -3.92. The van der Waals surface area contributed by atoms with Gasteiger partial charge in [-0.05, 0) is 55.2 Å². The molecule has 34 heavy (non-hydrogen) atoms. The second kappa shape index (κ2) is 10.8. The second-order valence-electron chi connectivity index (χ2n) is 8.20. The van der Waals surface area contributed by atoms with Gasteiger partial charge >= 0.3 is 5.97 Å². The highest BCUT2D eigenvalue weighted by Gasteiger charge is 2.36. The van der Waals surface area contributed by atoms with Gasteiger partial charge in [0.15, 0.2) is 0 Å². The van der Waals surface area contributed by atoms with Crippen molar-refractivity contribution < 1.29 is 23.7 Å². The maximum Gasteiger partial charge on any atom is 0.338 e. The number of methoxy groups -OCH3 is 1. The Morgan fingerprint density at radius 2 is 1.91 bits per heavy atom. The number of esters is 1. The number of carbonyl (C=O) groups excluding carboxylic acids is 1. The minimum atomic E-state index is -0.729. The molecule has 0 spiro atoms. The summed E-state index contributed by atoms with van der Waals surface area (Å²) in [6, 6.07) is 15.5. The first-order chi connectivity index (χ1) is 16.3. The molecule has 0 amide bonds. The van der Waals surface area contributed by atoms with E-state index in [1.165, 1.54) is 5.56 Å². The van der Waals surface area contributed by atoms with Gasteiger partial charge in [0.25, 0.3) is 0 Å². The first kappa shape index (κ1) is 24.7. The van der Waals surface area contributed by atoms with Gasteiger partial charge in [0.1, 0.15) is 35.5 Å². The molecule has 7 heteroatoms. The highest BCUT2D eigenvalue weighted by atomic mass is 16.5. The lowest BCUT2D eigenvalue weighted by atomic mass is 9.82. The fourth-order valence-electron chi connectivity index (χ4n) is 3.89. The minimum absolute atomic E-state index is 0.0306. The molecule has 0 saturated heterocycles. The Labute approximate surface area is 200 Å². The van der Waals surface area contributed by atoms with Crippen LogP contribution in [0, 0.1) is 11.3 Å². The van der Waals surface area contributed by atoms with Crippen LogP contribution in [0.3, 0.4) is 0 Å². The van der Waals surface area contributed by atoms with Crippen molar-refractivity contribution >= 4 is 5.97 Å². The molecule has 178 valence electrons. The number of allylic oxidation sites excluding steroid dienone is 2. The first-order valence-electron chi connectivity index (χ1n) is 11.2. The number of benzene rings is 2. The lowest BCUT2D eigenvalue weighted by Crippen LogP contribution is -2.25. The van der Waals surface area contributed by atoms with Crippen molar-refractivity contribution in [3.8, 4) is 17.6 Å². The predicted molar refractivity (Wildman–Crippen MR) is 128 cm³/mol. The molecular weight excluding hydrogens is 432 g/mol. The first-order valence-corrected chi connectivity index (χ1v) is 11.2. The Morgan fingerprint density at radius 3 is 2.50 bits per heavy atom. The van der Waals surface area contributed by atoms with Crippen molar-refractivity contribution in [1.82, 2.24) is 0 Å². The molecule has 2 aromatic carbocycles. The van der Waals surface area contributed by atoms with E-state index in [4.69, 9.17) is 24.7 Å². The zero-order valence-electron chi connectivity index (χ0n) is 20.2. The fraction of sp³-hybridized carbons (Fsp3) is 0.333. The van der Waals surface area contributed by atoms with Gasteiger partial charge in [-0.25, -0.2) is 4.79 Å². The molecule has 0 aromatic heterocycles. The quantitative estimate of drug-likeness (QED) is 0.548. The Morgan fingerprint density at radius 1 is 1.21 bits per heavy atom. The molecule has 0 fully saturated rings. The molecule has 2 aromatic rings. The molecule has 0 bridgehead atoms. The second-order valence-corrected chi connectivity index (χ2v) is 8.20.